The summed E-state index contributed by atoms with van der Waals surface area (Å²) in [5.41, 5.74) is 1.31. The second-order valence-corrected chi connectivity index (χ2v) is 6.38. The molecule has 0 amide bonds. The summed E-state index contributed by atoms with van der Waals surface area (Å²) in [6.45, 7) is 9.03. The first-order valence-electron chi connectivity index (χ1n) is 8.28. The van der Waals surface area contributed by atoms with Gasteiger partial charge < -0.3 is 19.7 Å². The Labute approximate surface area is 129 Å². The van der Waals surface area contributed by atoms with E-state index in [0.29, 0.717) is 6.04 Å². The summed E-state index contributed by atoms with van der Waals surface area (Å²) in [7, 11) is 4.29. The zero-order valence-corrected chi connectivity index (χ0v) is 13.9. The minimum atomic E-state index is 0.658. The van der Waals surface area contributed by atoms with Crippen LogP contribution < -0.4 is 5.32 Å². The molecule has 0 atom stereocenters. The predicted molar refractivity (Wildman–Crippen MR) is 87.4 cm³/mol. The molecular formula is C16H31N5. The fraction of sp³-hybridized carbons (Fsp3) is 0.812. The van der Waals surface area contributed by atoms with E-state index in [1.807, 2.05) is 12.5 Å². The number of nitrogens with one attached hydrogen (secondary N) is 1. The fourth-order valence-corrected chi connectivity index (χ4v) is 2.89. The zero-order chi connectivity index (χ0) is 15.1. The average molecular weight is 293 g/mol. The van der Waals surface area contributed by atoms with Gasteiger partial charge in [0.25, 0.3) is 0 Å². The molecule has 0 bridgehead atoms. The Hall–Kier alpha value is -0.910. The summed E-state index contributed by atoms with van der Waals surface area (Å²) in [6.07, 6.45) is 7.62. The molecule has 2 rings (SSSR count). The van der Waals surface area contributed by atoms with Crippen LogP contribution in [0.3, 0.4) is 0 Å². The van der Waals surface area contributed by atoms with Crippen LogP contribution in [0.5, 0.6) is 0 Å². The van der Waals surface area contributed by atoms with Crippen LogP contribution in [0.2, 0.25) is 0 Å². The number of hydrogen-bond donors (Lipinski definition) is 1. The van der Waals surface area contributed by atoms with Gasteiger partial charge in [-0.05, 0) is 46.4 Å². The van der Waals surface area contributed by atoms with Crippen molar-refractivity contribution in [3.05, 3.63) is 18.2 Å². The quantitative estimate of drug-likeness (QED) is 0.786. The Morgan fingerprint density at radius 2 is 2.05 bits per heavy atom. The second-order valence-electron chi connectivity index (χ2n) is 6.38. The number of imidazole rings is 1. The maximum atomic E-state index is 4.27. The molecule has 120 valence electrons. The molecule has 1 fully saturated rings. The van der Waals surface area contributed by atoms with Gasteiger partial charge in [0.05, 0.1) is 12.0 Å². The maximum absolute atomic E-state index is 4.27. The van der Waals surface area contributed by atoms with E-state index < -0.39 is 0 Å². The number of piperidine rings is 1. The Balaban J connectivity index is 1.68. The second kappa shape index (κ2) is 8.51. The SMILES string of the molecule is CCCn1cncc1CNC1CCN(CCN(C)C)CC1. The molecule has 0 saturated carbocycles. The van der Waals surface area contributed by atoms with Gasteiger partial charge in [-0.2, -0.15) is 0 Å². The number of rotatable bonds is 8. The molecule has 1 aromatic heterocycles. The lowest BCUT2D eigenvalue weighted by Gasteiger charge is -2.33. The smallest absolute Gasteiger partial charge is 0.0948 e. The van der Waals surface area contributed by atoms with Gasteiger partial charge in [-0.1, -0.05) is 6.92 Å². The average Bonchev–Trinajstić information content (AvgIpc) is 2.92. The third kappa shape index (κ3) is 5.41. The van der Waals surface area contributed by atoms with Gasteiger partial charge in [-0.3, -0.25) is 0 Å². The molecule has 0 spiro atoms. The summed E-state index contributed by atoms with van der Waals surface area (Å²) in [5.74, 6) is 0. The molecule has 5 heteroatoms. The highest BCUT2D eigenvalue weighted by Gasteiger charge is 2.18. The zero-order valence-electron chi connectivity index (χ0n) is 13.9. The van der Waals surface area contributed by atoms with Gasteiger partial charge in [0.15, 0.2) is 0 Å². The van der Waals surface area contributed by atoms with Crippen LogP contribution in [-0.2, 0) is 13.1 Å². The summed E-state index contributed by atoms with van der Waals surface area (Å²) in [5, 5.41) is 3.71. The highest BCUT2D eigenvalue weighted by atomic mass is 15.2. The number of aromatic nitrogens is 2. The van der Waals surface area contributed by atoms with E-state index in [-0.39, 0.29) is 0 Å². The molecule has 0 aliphatic carbocycles. The van der Waals surface area contributed by atoms with Gasteiger partial charge in [0.1, 0.15) is 0 Å². The Bertz CT molecular complexity index is 393. The molecule has 1 aliphatic rings. The molecule has 1 aromatic rings. The molecule has 0 radical (unpaired) electrons. The van der Waals surface area contributed by atoms with Crippen molar-refractivity contribution < 1.29 is 0 Å². The van der Waals surface area contributed by atoms with E-state index in [9.17, 15) is 0 Å². The van der Waals surface area contributed by atoms with Crippen molar-refractivity contribution in [1.82, 2.24) is 24.7 Å². The normalized spacial score (nSPS) is 17.7. The molecule has 1 aliphatic heterocycles. The fourth-order valence-electron chi connectivity index (χ4n) is 2.89. The first-order valence-corrected chi connectivity index (χ1v) is 8.28. The standard InChI is InChI=1S/C16H31N5/c1-4-7-21-14-17-12-16(21)13-18-15-5-8-20(9-6-15)11-10-19(2)3/h12,14-15,18H,4-11,13H2,1-3H3. The highest BCUT2D eigenvalue weighted by Crippen LogP contribution is 2.11. The molecule has 0 aromatic carbocycles. The van der Waals surface area contributed by atoms with E-state index in [4.69, 9.17) is 0 Å². The lowest BCUT2D eigenvalue weighted by atomic mass is 10.0. The van der Waals surface area contributed by atoms with Crippen molar-refractivity contribution in [2.24, 2.45) is 0 Å². The van der Waals surface area contributed by atoms with Crippen molar-refractivity contribution in [2.45, 2.75) is 45.3 Å². The number of aryl methyl sites for hydroxylation is 1. The molecule has 1 saturated heterocycles. The van der Waals surface area contributed by atoms with Crippen LogP contribution in [0, 0.1) is 0 Å². The molecule has 5 nitrogen and oxygen atoms in total. The van der Waals surface area contributed by atoms with Gasteiger partial charge in [-0.25, -0.2) is 4.98 Å². The van der Waals surface area contributed by atoms with Gasteiger partial charge in [0, 0.05) is 38.4 Å². The van der Waals surface area contributed by atoms with Crippen molar-refractivity contribution in [1.29, 1.82) is 0 Å². The van der Waals surface area contributed by atoms with Crippen molar-refractivity contribution in [2.75, 3.05) is 40.3 Å². The van der Waals surface area contributed by atoms with Crippen molar-refractivity contribution >= 4 is 0 Å². The number of hydrogen-bond acceptors (Lipinski definition) is 4. The van der Waals surface area contributed by atoms with E-state index in [0.717, 1.165) is 26.1 Å². The number of likely N-dealkylation sites (tertiary alicyclic amines) is 1. The van der Waals surface area contributed by atoms with Crippen molar-refractivity contribution in [3.63, 3.8) is 0 Å². The van der Waals surface area contributed by atoms with Crippen LogP contribution in [0.15, 0.2) is 12.5 Å². The van der Waals surface area contributed by atoms with E-state index in [2.05, 4.69) is 45.7 Å². The lowest BCUT2D eigenvalue weighted by molar-refractivity contribution is 0.181. The molecule has 2 heterocycles. The van der Waals surface area contributed by atoms with E-state index in [1.165, 1.54) is 38.2 Å². The number of nitrogens with zero attached hydrogens (tertiary/aromatic N) is 4. The third-order valence-electron chi connectivity index (χ3n) is 4.29. The Morgan fingerprint density at radius 3 is 2.71 bits per heavy atom. The van der Waals surface area contributed by atoms with Gasteiger partial charge >= 0.3 is 0 Å². The molecule has 21 heavy (non-hydrogen) atoms. The van der Waals surface area contributed by atoms with Crippen LogP contribution in [0.25, 0.3) is 0 Å². The Kier molecular flexibility index (Phi) is 6.67. The van der Waals surface area contributed by atoms with E-state index >= 15 is 0 Å². The van der Waals surface area contributed by atoms with Gasteiger partial charge in [-0.15, -0.1) is 0 Å². The van der Waals surface area contributed by atoms with Crippen LogP contribution in [-0.4, -0.2) is 65.7 Å². The molecular weight excluding hydrogens is 262 g/mol. The third-order valence-corrected chi connectivity index (χ3v) is 4.29. The maximum Gasteiger partial charge on any atom is 0.0948 e. The summed E-state index contributed by atoms with van der Waals surface area (Å²) in [4.78, 5) is 9.11. The highest BCUT2D eigenvalue weighted by molar-refractivity contribution is 4.98. The van der Waals surface area contributed by atoms with Crippen LogP contribution in [0.4, 0.5) is 0 Å². The molecule has 0 unspecified atom stereocenters. The number of likely N-dealkylation sites (N-methyl/N-ethyl adjacent to an activating group) is 1. The summed E-state index contributed by atoms with van der Waals surface area (Å²) in [6, 6.07) is 0.658. The largest absolute Gasteiger partial charge is 0.333 e. The summed E-state index contributed by atoms with van der Waals surface area (Å²) >= 11 is 0. The topological polar surface area (TPSA) is 36.3 Å². The lowest BCUT2D eigenvalue weighted by Crippen LogP contribution is -2.44. The minimum absolute atomic E-state index is 0.658. The van der Waals surface area contributed by atoms with Crippen LogP contribution >= 0.6 is 0 Å². The first kappa shape index (κ1) is 16.5. The minimum Gasteiger partial charge on any atom is -0.333 e. The van der Waals surface area contributed by atoms with Crippen molar-refractivity contribution in [3.8, 4) is 0 Å². The van der Waals surface area contributed by atoms with Gasteiger partial charge in [0.2, 0.25) is 0 Å². The van der Waals surface area contributed by atoms with E-state index in [1.54, 1.807) is 0 Å². The first-order chi connectivity index (χ1) is 10.2. The van der Waals surface area contributed by atoms with Crippen LogP contribution in [0.1, 0.15) is 31.9 Å². The molecule has 1 N–H and O–H groups in total. The predicted octanol–water partition coefficient (Wildman–Crippen LogP) is 1.41. The Morgan fingerprint density at radius 1 is 1.29 bits per heavy atom. The monoisotopic (exact) mass is 293 g/mol. The summed E-state index contributed by atoms with van der Waals surface area (Å²) < 4.78 is 2.26.